The average Bonchev–Trinajstić information content (AvgIpc) is 2.13. The van der Waals surface area contributed by atoms with E-state index in [-0.39, 0.29) is 17.4 Å². The zero-order chi connectivity index (χ0) is 12.5. The predicted molar refractivity (Wildman–Crippen MR) is 68.7 cm³/mol. The summed E-state index contributed by atoms with van der Waals surface area (Å²) in [6, 6.07) is 8.28. The number of hydrogen-bond donors (Lipinski definition) is 2. The molecule has 1 aromatic rings. The van der Waals surface area contributed by atoms with E-state index in [1.807, 2.05) is 19.9 Å². The Bertz CT molecular complexity index is 422. The molecule has 0 radical (unpaired) electrons. The van der Waals surface area contributed by atoms with Crippen LogP contribution in [0.2, 0.25) is 0 Å². The van der Waals surface area contributed by atoms with Crippen molar-refractivity contribution < 1.29 is 4.79 Å². The number of nitrogens with one attached hydrogen (secondary N) is 2. The largest absolute Gasteiger partial charge is 0.347 e. The van der Waals surface area contributed by atoms with Crippen molar-refractivity contribution in [2.24, 2.45) is 5.92 Å². The van der Waals surface area contributed by atoms with Crippen LogP contribution in [0, 0.1) is 12.8 Å². The summed E-state index contributed by atoms with van der Waals surface area (Å²) >= 11 is 0. The summed E-state index contributed by atoms with van der Waals surface area (Å²) in [4.78, 5) is 11.9. The van der Waals surface area contributed by atoms with Crippen molar-refractivity contribution in [1.29, 1.82) is 0 Å². The molecule has 1 aliphatic rings. The number of aryl methyl sites for hydroxylation is 1. The highest BCUT2D eigenvalue weighted by molar-refractivity contribution is 5.80. The molecule has 0 bridgehead atoms. The van der Waals surface area contributed by atoms with Gasteiger partial charge in [0, 0.05) is 13.1 Å². The second-order valence-electron chi connectivity index (χ2n) is 5.34. The Kier molecular flexibility index (Phi) is 3.20. The first-order chi connectivity index (χ1) is 7.99. The van der Waals surface area contributed by atoms with Crippen LogP contribution in [0.15, 0.2) is 24.3 Å². The van der Waals surface area contributed by atoms with Crippen LogP contribution in [0.25, 0.3) is 0 Å². The third-order valence-corrected chi connectivity index (χ3v) is 3.33. The van der Waals surface area contributed by atoms with Gasteiger partial charge in [-0.15, -0.1) is 0 Å². The molecule has 3 nitrogen and oxygen atoms in total. The first kappa shape index (κ1) is 12.1. The summed E-state index contributed by atoms with van der Waals surface area (Å²) in [6.07, 6.45) is 0. The van der Waals surface area contributed by atoms with Crippen molar-refractivity contribution in [2.75, 3.05) is 13.1 Å². The maximum absolute atomic E-state index is 11.9. The van der Waals surface area contributed by atoms with Gasteiger partial charge >= 0.3 is 0 Å². The summed E-state index contributed by atoms with van der Waals surface area (Å²) in [7, 11) is 0. The molecule has 0 unspecified atom stereocenters. The predicted octanol–water partition coefficient (Wildman–Crippen LogP) is 1.57. The number of carbonyl (C=O) groups is 1. The maximum atomic E-state index is 11.9. The molecule has 0 spiro atoms. The van der Waals surface area contributed by atoms with E-state index in [1.165, 1.54) is 5.56 Å². The third-order valence-electron chi connectivity index (χ3n) is 3.33. The van der Waals surface area contributed by atoms with Gasteiger partial charge in [-0.2, -0.15) is 0 Å². The molecular formula is C14H20N2O. The lowest BCUT2D eigenvalue weighted by Gasteiger charge is -2.33. The summed E-state index contributed by atoms with van der Waals surface area (Å²) in [6.45, 7) is 7.76. The van der Waals surface area contributed by atoms with Gasteiger partial charge in [0.2, 0.25) is 5.91 Å². The fourth-order valence-electron chi connectivity index (χ4n) is 1.99. The molecule has 3 heteroatoms. The van der Waals surface area contributed by atoms with Gasteiger partial charge < -0.3 is 10.6 Å². The fraction of sp³-hybridized carbons (Fsp3) is 0.500. The first-order valence-electron chi connectivity index (χ1n) is 6.09. The van der Waals surface area contributed by atoms with E-state index >= 15 is 0 Å². The molecule has 0 aromatic heterocycles. The minimum atomic E-state index is -0.307. The monoisotopic (exact) mass is 232 g/mol. The van der Waals surface area contributed by atoms with Gasteiger partial charge in [-0.05, 0) is 26.3 Å². The molecule has 92 valence electrons. The second-order valence-corrected chi connectivity index (χ2v) is 5.34. The molecule has 0 aliphatic carbocycles. The van der Waals surface area contributed by atoms with E-state index in [2.05, 4.69) is 35.8 Å². The highest BCUT2D eigenvalue weighted by Gasteiger charge is 2.30. The summed E-state index contributed by atoms with van der Waals surface area (Å²) in [5.41, 5.74) is 2.06. The molecule has 1 heterocycles. The maximum Gasteiger partial charge on any atom is 0.226 e. The lowest BCUT2D eigenvalue weighted by atomic mass is 9.91. The van der Waals surface area contributed by atoms with E-state index < -0.39 is 0 Å². The Labute approximate surface area is 103 Å². The van der Waals surface area contributed by atoms with Crippen LogP contribution < -0.4 is 10.6 Å². The van der Waals surface area contributed by atoms with Crippen molar-refractivity contribution in [3.63, 3.8) is 0 Å². The number of carbonyl (C=O) groups excluding carboxylic acids is 1. The van der Waals surface area contributed by atoms with Crippen LogP contribution in [0.5, 0.6) is 0 Å². The number of rotatable bonds is 3. The Balaban J connectivity index is 2.09. The highest BCUT2D eigenvalue weighted by atomic mass is 16.2. The van der Waals surface area contributed by atoms with E-state index in [9.17, 15) is 4.79 Å². The van der Waals surface area contributed by atoms with Gasteiger partial charge in [-0.25, -0.2) is 0 Å². The smallest absolute Gasteiger partial charge is 0.226 e. The topological polar surface area (TPSA) is 41.1 Å². The van der Waals surface area contributed by atoms with Gasteiger partial charge in [0.15, 0.2) is 0 Å². The lowest BCUT2D eigenvalue weighted by Crippen LogP contribution is -2.54. The second kappa shape index (κ2) is 4.49. The Hall–Kier alpha value is -1.35. The van der Waals surface area contributed by atoms with E-state index in [0.717, 1.165) is 18.7 Å². The molecule has 1 amide bonds. The third kappa shape index (κ3) is 2.67. The lowest BCUT2D eigenvalue weighted by molar-refractivity contribution is -0.128. The van der Waals surface area contributed by atoms with Crippen molar-refractivity contribution in [3.8, 4) is 0 Å². The van der Waals surface area contributed by atoms with Crippen LogP contribution in [0.4, 0.5) is 0 Å². The van der Waals surface area contributed by atoms with Crippen LogP contribution in [-0.4, -0.2) is 19.0 Å². The Morgan fingerprint density at radius 1 is 1.41 bits per heavy atom. The number of amides is 1. The minimum Gasteiger partial charge on any atom is -0.347 e. The highest BCUT2D eigenvalue weighted by Crippen LogP contribution is 2.21. The molecule has 1 fully saturated rings. The fourth-order valence-corrected chi connectivity index (χ4v) is 1.99. The molecule has 17 heavy (non-hydrogen) atoms. The molecule has 1 aliphatic heterocycles. The van der Waals surface area contributed by atoms with Crippen molar-refractivity contribution >= 4 is 5.91 Å². The van der Waals surface area contributed by atoms with Crippen molar-refractivity contribution in [1.82, 2.24) is 10.6 Å². The quantitative estimate of drug-likeness (QED) is 0.830. The molecule has 1 aromatic carbocycles. The van der Waals surface area contributed by atoms with Crippen LogP contribution in [0.3, 0.4) is 0 Å². The first-order valence-corrected chi connectivity index (χ1v) is 6.09. The normalized spacial score (nSPS) is 16.4. The van der Waals surface area contributed by atoms with E-state index in [1.54, 1.807) is 0 Å². The summed E-state index contributed by atoms with van der Waals surface area (Å²) in [5, 5.41) is 6.24. The summed E-state index contributed by atoms with van der Waals surface area (Å²) in [5.74, 6) is 0.286. The Morgan fingerprint density at radius 3 is 2.65 bits per heavy atom. The van der Waals surface area contributed by atoms with Gasteiger partial charge in [0.1, 0.15) is 0 Å². The van der Waals surface area contributed by atoms with Gasteiger partial charge in [0.05, 0.1) is 11.5 Å². The van der Waals surface area contributed by atoms with Crippen molar-refractivity contribution in [2.45, 2.75) is 26.3 Å². The average molecular weight is 232 g/mol. The van der Waals surface area contributed by atoms with Crippen molar-refractivity contribution in [3.05, 3.63) is 35.4 Å². The van der Waals surface area contributed by atoms with Gasteiger partial charge in [-0.1, -0.05) is 29.8 Å². The van der Waals surface area contributed by atoms with Gasteiger partial charge in [0.25, 0.3) is 0 Å². The standard InChI is InChI=1S/C14H20N2O/c1-10-5-4-6-12(7-10)14(2,3)16-13(17)11-8-15-9-11/h4-7,11,15H,8-9H2,1-3H3,(H,16,17). The van der Waals surface area contributed by atoms with Crippen LogP contribution in [0.1, 0.15) is 25.0 Å². The van der Waals surface area contributed by atoms with E-state index in [0.29, 0.717) is 0 Å². The zero-order valence-electron chi connectivity index (χ0n) is 10.7. The molecule has 1 saturated heterocycles. The van der Waals surface area contributed by atoms with E-state index in [4.69, 9.17) is 0 Å². The van der Waals surface area contributed by atoms with Crippen LogP contribution >= 0.6 is 0 Å². The van der Waals surface area contributed by atoms with Gasteiger partial charge in [-0.3, -0.25) is 4.79 Å². The summed E-state index contributed by atoms with van der Waals surface area (Å²) < 4.78 is 0. The van der Waals surface area contributed by atoms with Crippen LogP contribution in [-0.2, 0) is 10.3 Å². The minimum absolute atomic E-state index is 0.138. The zero-order valence-corrected chi connectivity index (χ0v) is 10.7. The SMILES string of the molecule is Cc1cccc(C(C)(C)NC(=O)C2CNC2)c1. The molecule has 2 rings (SSSR count). The molecular weight excluding hydrogens is 212 g/mol. The number of hydrogen-bond acceptors (Lipinski definition) is 2. The molecule has 2 N–H and O–H groups in total. The molecule has 0 saturated carbocycles. The molecule has 0 atom stereocenters. The Morgan fingerprint density at radius 2 is 2.12 bits per heavy atom. The number of benzene rings is 1.